The third-order valence-electron chi connectivity index (χ3n) is 2.33. The highest BCUT2D eigenvalue weighted by Gasteiger charge is 2.03. The zero-order chi connectivity index (χ0) is 13.7. The number of hydrogen-bond donors (Lipinski definition) is 2. The van der Waals surface area contributed by atoms with Crippen molar-refractivity contribution < 1.29 is 9.90 Å². The van der Waals surface area contributed by atoms with Crippen LogP contribution in [-0.4, -0.2) is 11.0 Å². The van der Waals surface area contributed by atoms with Crippen LogP contribution < -0.4 is 5.32 Å². The van der Waals surface area contributed by atoms with Crippen LogP contribution in [0.5, 0.6) is 5.75 Å². The molecule has 0 saturated carbocycles. The van der Waals surface area contributed by atoms with Gasteiger partial charge in [0.1, 0.15) is 5.75 Å². The van der Waals surface area contributed by atoms with Gasteiger partial charge >= 0.3 is 0 Å². The highest BCUT2D eigenvalue weighted by Crippen LogP contribution is 2.29. The number of phenolic OH excluding ortho intramolecular Hbond substituents is 1. The number of nitrogens with one attached hydrogen (secondary N) is 1. The van der Waals surface area contributed by atoms with E-state index < -0.39 is 0 Å². The number of anilines is 1. The van der Waals surface area contributed by atoms with Gasteiger partial charge in [-0.15, -0.1) is 0 Å². The van der Waals surface area contributed by atoms with Crippen molar-refractivity contribution in [2.45, 2.75) is 6.92 Å². The Morgan fingerprint density at radius 2 is 1.74 bits per heavy atom. The second-order valence-corrected chi connectivity index (χ2v) is 3.92. The monoisotopic (exact) mass is 255 g/mol. The summed E-state index contributed by atoms with van der Waals surface area (Å²) >= 11 is 0. The summed E-state index contributed by atoms with van der Waals surface area (Å²) in [6.07, 6.45) is 0. The predicted molar refractivity (Wildman–Crippen MR) is 73.0 cm³/mol. The van der Waals surface area contributed by atoms with Gasteiger partial charge in [0.25, 0.3) is 0 Å². The van der Waals surface area contributed by atoms with Gasteiger partial charge in [-0.05, 0) is 30.3 Å². The van der Waals surface area contributed by atoms with Crippen LogP contribution in [-0.2, 0) is 4.79 Å². The number of hydrogen-bond acceptors (Lipinski definition) is 4. The Bertz CT molecular complexity index is 609. The first-order chi connectivity index (χ1) is 9.15. The largest absolute Gasteiger partial charge is 0.506 e. The fraction of sp³-hybridized carbons (Fsp3) is 0.0714. The van der Waals surface area contributed by atoms with Crippen molar-refractivity contribution in [1.29, 1.82) is 0 Å². The fourth-order valence-corrected chi connectivity index (χ4v) is 1.49. The van der Waals surface area contributed by atoms with Crippen LogP contribution in [0.4, 0.5) is 17.1 Å². The molecule has 0 radical (unpaired) electrons. The first kappa shape index (κ1) is 12.8. The normalized spacial score (nSPS) is 10.6. The van der Waals surface area contributed by atoms with E-state index in [4.69, 9.17) is 0 Å². The maximum atomic E-state index is 11.0. The molecule has 0 atom stereocenters. The quantitative estimate of drug-likeness (QED) is 0.647. The third-order valence-corrected chi connectivity index (χ3v) is 2.33. The number of carbonyl (C=O) groups is 1. The van der Waals surface area contributed by atoms with E-state index in [9.17, 15) is 9.90 Å². The molecule has 0 aromatic heterocycles. The Balaban J connectivity index is 2.21. The summed E-state index contributed by atoms with van der Waals surface area (Å²) in [6, 6.07) is 13.9. The molecule has 2 N–H and O–H groups in total. The van der Waals surface area contributed by atoms with E-state index in [1.807, 2.05) is 30.3 Å². The molecule has 0 aliphatic heterocycles. The molecule has 5 nitrogen and oxygen atoms in total. The third kappa shape index (κ3) is 3.64. The summed E-state index contributed by atoms with van der Waals surface area (Å²) in [5, 5.41) is 20.2. The average molecular weight is 255 g/mol. The minimum Gasteiger partial charge on any atom is -0.506 e. The van der Waals surface area contributed by atoms with Crippen molar-refractivity contribution in [1.82, 2.24) is 0 Å². The number of phenols is 1. The van der Waals surface area contributed by atoms with Gasteiger partial charge in [-0.25, -0.2) is 0 Å². The number of amides is 1. The lowest BCUT2D eigenvalue weighted by molar-refractivity contribution is -0.114. The molecule has 19 heavy (non-hydrogen) atoms. The van der Waals surface area contributed by atoms with Gasteiger partial charge in [-0.2, -0.15) is 10.2 Å². The van der Waals surface area contributed by atoms with E-state index in [-0.39, 0.29) is 11.7 Å². The molecule has 2 aromatic carbocycles. The molecule has 1 amide bonds. The van der Waals surface area contributed by atoms with Crippen LogP contribution >= 0.6 is 0 Å². The van der Waals surface area contributed by atoms with Crippen molar-refractivity contribution >= 4 is 23.0 Å². The van der Waals surface area contributed by atoms with Crippen LogP contribution in [0, 0.1) is 0 Å². The summed E-state index contributed by atoms with van der Waals surface area (Å²) in [4.78, 5) is 11.0. The molecule has 0 saturated heterocycles. The number of rotatable bonds is 3. The summed E-state index contributed by atoms with van der Waals surface area (Å²) < 4.78 is 0. The van der Waals surface area contributed by atoms with Crippen LogP contribution in [0.3, 0.4) is 0 Å². The highest BCUT2D eigenvalue weighted by molar-refractivity contribution is 5.90. The molecule has 0 unspecified atom stereocenters. The molecule has 96 valence electrons. The molecular formula is C14H13N3O2. The predicted octanol–water partition coefficient (Wildman–Crippen LogP) is 3.77. The van der Waals surface area contributed by atoms with E-state index in [2.05, 4.69) is 15.5 Å². The van der Waals surface area contributed by atoms with E-state index in [1.54, 1.807) is 12.1 Å². The topological polar surface area (TPSA) is 74.0 Å². The molecule has 2 aromatic rings. The number of aromatic hydroxyl groups is 1. The van der Waals surface area contributed by atoms with Gasteiger partial charge in [0.05, 0.1) is 17.1 Å². The van der Waals surface area contributed by atoms with Crippen LogP contribution in [0.1, 0.15) is 6.92 Å². The minimum absolute atomic E-state index is 0.00568. The van der Waals surface area contributed by atoms with Crippen molar-refractivity contribution in [2.75, 3.05) is 5.32 Å². The molecule has 0 bridgehead atoms. The Hall–Kier alpha value is -2.69. The maximum Gasteiger partial charge on any atom is 0.221 e. The summed E-state index contributed by atoms with van der Waals surface area (Å²) in [7, 11) is 0. The second kappa shape index (κ2) is 5.77. The summed E-state index contributed by atoms with van der Waals surface area (Å²) in [6.45, 7) is 1.37. The van der Waals surface area contributed by atoms with Gasteiger partial charge in [0, 0.05) is 6.92 Å². The molecule has 0 spiro atoms. The molecule has 0 aliphatic carbocycles. The lowest BCUT2D eigenvalue weighted by Crippen LogP contribution is -2.05. The average Bonchev–Trinajstić information content (AvgIpc) is 2.40. The Labute approximate surface area is 110 Å². The van der Waals surface area contributed by atoms with Crippen molar-refractivity contribution in [3.63, 3.8) is 0 Å². The lowest BCUT2D eigenvalue weighted by atomic mass is 10.2. The Morgan fingerprint density at radius 1 is 1.05 bits per heavy atom. The maximum absolute atomic E-state index is 11.0. The van der Waals surface area contributed by atoms with Crippen molar-refractivity contribution in [2.24, 2.45) is 10.2 Å². The molecule has 0 fully saturated rings. The smallest absolute Gasteiger partial charge is 0.221 e. The standard InChI is InChI=1S/C14H13N3O2/c1-10(18)15-13-9-12(7-8-14(13)19)17-16-11-5-3-2-4-6-11/h2-9,19H,1H3,(H,15,18). The Kier molecular flexibility index (Phi) is 3.87. The van der Waals surface area contributed by atoms with Crippen LogP contribution in [0.25, 0.3) is 0 Å². The highest BCUT2D eigenvalue weighted by atomic mass is 16.3. The SMILES string of the molecule is CC(=O)Nc1cc(N=Nc2ccccc2)ccc1O. The van der Waals surface area contributed by atoms with Crippen molar-refractivity contribution in [3.05, 3.63) is 48.5 Å². The van der Waals surface area contributed by atoms with E-state index in [0.29, 0.717) is 11.4 Å². The molecule has 0 aliphatic rings. The first-order valence-electron chi connectivity index (χ1n) is 5.72. The van der Waals surface area contributed by atoms with Gasteiger partial charge in [0.15, 0.2) is 0 Å². The fourth-order valence-electron chi connectivity index (χ4n) is 1.49. The number of carbonyl (C=O) groups excluding carboxylic acids is 1. The Morgan fingerprint density at radius 3 is 2.42 bits per heavy atom. The van der Waals surface area contributed by atoms with E-state index in [1.165, 1.54) is 13.0 Å². The summed E-state index contributed by atoms with van der Waals surface area (Å²) in [5.74, 6) is -0.263. The van der Waals surface area contributed by atoms with Crippen molar-refractivity contribution in [3.8, 4) is 5.75 Å². The second-order valence-electron chi connectivity index (χ2n) is 3.92. The molecular weight excluding hydrogens is 242 g/mol. The van der Waals surface area contributed by atoms with Gasteiger partial charge in [-0.3, -0.25) is 4.79 Å². The number of azo groups is 1. The van der Waals surface area contributed by atoms with Gasteiger partial charge < -0.3 is 10.4 Å². The molecule has 0 heterocycles. The lowest BCUT2D eigenvalue weighted by Gasteiger charge is -2.05. The zero-order valence-electron chi connectivity index (χ0n) is 10.4. The number of nitrogens with zero attached hydrogens (tertiary/aromatic N) is 2. The van der Waals surface area contributed by atoms with E-state index >= 15 is 0 Å². The van der Waals surface area contributed by atoms with Crippen LogP contribution in [0.15, 0.2) is 58.8 Å². The first-order valence-corrected chi connectivity index (χ1v) is 5.72. The molecule has 2 rings (SSSR count). The van der Waals surface area contributed by atoms with Gasteiger partial charge in [-0.1, -0.05) is 18.2 Å². The zero-order valence-corrected chi connectivity index (χ0v) is 10.4. The summed E-state index contributed by atoms with van der Waals surface area (Å²) in [5.41, 5.74) is 1.60. The van der Waals surface area contributed by atoms with Crippen LogP contribution in [0.2, 0.25) is 0 Å². The minimum atomic E-state index is -0.257. The number of benzene rings is 2. The molecule has 5 heteroatoms. The van der Waals surface area contributed by atoms with Gasteiger partial charge in [0.2, 0.25) is 5.91 Å². The van der Waals surface area contributed by atoms with E-state index in [0.717, 1.165) is 5.69 Å².